The Morgan fingerprint density at radius 1 is 1.09 bits per heavy atom. The molecule has 0 saturated carbocycles. The van der Waals surface area contributed by atoms with Crippen LogP contribution in [0, 0.1) is 0 Å². The second-order valence-corrected chi connectivity index (χ2v) is 2.69. The number of hydrogen-bond acceptors (Lipinski definition) is 3. The van der Waals surface area contributed by atoms with Crippen LogP contribution in [-0.2, 0) is 0 Å². The van der Waals surface area contributed by atoms with Crippen molar-refractivity contribution in [3.8, 4) is 0 Å². The highest BCUT2D eigenvalue weighted by molar-refractivity contribution is 4.61. The first-order chi connectivity index (χ1) is 5.31. The molecule has 0 heterocycles. The summed E-state index contributed by atoms with van der Waals surface area (Å²) in [6.07, 6.45) is 0. The fourth-order valence-electron chi connectivity index (χ4n) is 0.804. The highest BCUT2D eigenvalue weighted by Gasteiger charge is 1.96. The summed E-state index contributed by atoms with van der Waals surface area (Å²) >= 11 is 0. The van der Waals surface area contributed by atoms with Gasteiger partial charge in [0.1, 0.15) is 0 Å². The van der Waals surface area contributed by atoms with Crippen LogP contribution in [0.15, 0.2) is 0 Å². The molecule has 0 spiro atoms. The lowest BCUT2D eigenvalue weighted by molar-refractivity contribution is 0.483. The topological polar surface area (TPSA) is 36.1 Å². The number of nitrogens with one attached hydrogen (secondary N) is 3. The van der Waals surface area contributed by atoms with Crippen LogP contribution in [0.5, 0.6) is 0 Å². The molecule has 1 unspecified atom stereocenters. The minimum atomic E-state index is 0.550. The molecule has 11 heavy (non-hydrogen) atoms. The van der Waals surface area contributed by atoms with Gasteiger partial charge in [0.15, 0.2) is 0 Å². The van der Waals surface area contributed by atoms with Gasteiger partial charge < -0.3 is 16.0 Å². The van der Waals surface area contributed by atoms with Gasteiger partial charge in [-0.3, -0.25) is 0 Å². The Kier molecular flexibility index (Phi) is 7.89. The molecule has 0 aromatic carbocycles. The molecule has 0 aromatic rings. The first-order valence-corrected chi connectivity index (χ1v) is 4.46. The number of likely N-dealkylation sites (N-methyl/N-ethyl adjacent to an activating group) is 1. The van der Waals surface area contributed by atoms with Crippen LogP contribution in [0.2, 0.25) is 0 Å². The molecule has 0 aliphatic carbocycles. The van der Waals surface area contributed by atoms with Gasteiger partial charge in [-0.1, -0.05) is 13.8 Å². The Hall–Kier alpha value is -0.120. The van der Waals surface area contributed by atoms with Crippen LogP contribution in [0.4, 0.5) is 0 Å². The molecule has 0 radical (unpaired) electrons. The van der Waals surface area contributed by atoms with Gasteiger partial charge in [-0.05, 0) is 20.0 Å². The van der Waals surface area contributed by atoms with Gasteiger partial charge in [0, 0.05) is 19.3 Å². The summed E-state index contributed by atoms with van der Waals surface area (Å²) in [6, 6.07) is 0.550. The lowest BCUT2D eigenvalue weighted by Gasteiger charge is -2.13. The summed E-state index contributed by atoms with van der Waals surface area (Å²) < 4.78 is 0. The zero-order valence-electron chi connectivity index (χ0n) is 7.91. The fraction of sp³-hybridized carbons (Fsp3) is 1.00. The average Bonchev–Trinajstić information content (AvgIpc) is 2.01. The highest BCUT2D eigenvalue weighted by atomic mass is 15.1. The number of hydrogen-bond donors (Lipinski definition) is 3. The second kappa shape index (κ2) is 7.98. The van der Waals surface area contributed by atoms with E-state index in [2.05, 4.69) is 36.7 Å². The van der Waals surface area contributed by atoms with E-state index in [0.717, 1.165) is 26.3 Å². The van der Waals surface area contributed by atoms with Crippen LogP contribution in [0.3, 0.4) is 0 Å². The van der Waals surface area contributed by atoms with Gasteiger partial charge in [-0.2, -0.15) is 0 Å². The maximum atomic E-state index is 3.34. The standard InChI is InChI=1S/C8H21N3/c1-4-9-6-8(3)11-7-10-5-2/h8-11H,4-7H2,1-3H3. The van der Waals surface area contributed by atoms with Crippen LogP contribution in [-0.4, -0.2) is 32.3 Å². The third-order valence-electron chi connectivity index (χ3n) is 1.53. The van der Waals surface area contributed by atoms with Crippen molar-refractivity contribution in [2.45, 2.75) is 26.8 Å². The highest BCUT2D eigenvalue weighted by Crippen LogP contribution is 1.75. The van der Waals surface area contributed by atoms with E-state index < -0.39 is 0 Å². The first kappa shape index (κ1) is 10.9. The van der Waals surface area contributed by atoms with E-state index in [1.165, 1.54) is 0 Å². The molecule has 0 aromatic heterocycles. The Morgan fingerprint density at radius 3 is 2.27 bits per heavy atom. The molecule has 3 N–H and O–H groups in total. The van der Waals surface area contributed by atoms with Crippen molar-refractivity contribution < 1.29 is 0 Å². The zero-order chi connectivity index (χ0) is 8.53. The Labute approximate surface area is 69.9 Å². The molecule has 0 bridgehead atoms. The Balaban J connectivity index is 3.02. The fourth-order valence-corrected chi connectivity index (χ4v) is 0.804. The Bertz CT molecular complexity index is 75.7. The quantitative estimate of drug-likeness (QED) is 0.365. The van der Waals surface area contributed by atoms with Gasteiger partial charge in [0.05, 0.1) is 0 Å². The lowest BCUT2D eigenvalue weighted by atomic mass is 10.3. The molecule has 0 amide bonds. The van der Waals surface area contributed by atoms with Crippen molar-refractivity contribution in [2.75, 3.05) is 26.3 Å². The molecule has 3 nitrogen and oxygen atoms in total. The maximum absolute atomic E-state index is 3.34. The van der Waals surface area contributed by atoms with Gasteiger partial charge in [-0.15, -0.1) is 0 Å². The van der Waals surface area contributed by atoms with Crippen molar-refractivity contribution in [2.24, 2.45) is 0 Å². The molecular weight excluding hydrogens is 138 g/mol. The number of rotatable bonds is 7. The van der Waals surface area contributed by atoms with E-state index in [1.807, 2.05) is 0 Å². The molecule has 0 fully saturated rings. The molecular formula is C8H21N3. The van der Waals surface area contributed by atoms with Crippen molar-refractivity contribution in [1.82, 2.24) is 16.0 Å². The third-order valence-corrected chi connectivity index (χ3v) is 1.53. The summed E-state index contributed by atoms with van der Waals surface area (Å²) in [4.78, 5) is 0. The van der Waals surface area contributed by atoms with Gasteiger partial charge in [-0.25, -0.2) is 0 Å². The molecule has 0 saturated heterocycles. The normalized spacial score (nSPS) is 13.4. The van der Waals surface area contributed by atoms with Crippen molar-refractivity contribution in [1.29, 1.82) is 0 Å². The molecule has 0 rings (SSSR count). The summed E-state index contributed by atoms with van der Waals surface area (Å²) in [5.74, 6) is 0. The van der Waals surface area contributed by atoms with Gasteiger partial charge >= 0.3 is 0 Å². The molecule has 3 heteroatoms. The first-order valence-electron chi connectivity index (χ1n) is 4.46. The van der Waals surface area contributed by atoms with Crippen molar-refractivity contribution in [3.63, 3.8) is 0 Å². The minimum Gasteiger partial charge on any atom is -0.315 e. The van der Waals surface area contributed by atoms with Crippen LogP contribution < -0.4 is 16.0 Å². The van der Waals surface area contributed by atoms with Gasteiger partial charge in [0.25, 0.3) is 0 Å². The van der Waals surface area contributed by atoms with E-state index in [9.17, 15) is 0 Å². The summed E-state index contributed by atoms with van der Waals surface area (Å²) in [6.45, 7) is 10.4. The van der Waals surface area contributed by atoms with Crippen molar-refractivity contribution >= 4 is 0 Å². The maximum Gasteiger partial charge on any atom is 0.0456 e. The predicted molar refractivity (Wildman–Crippen MR) is 49.7 cm³/mol. The Morgan fingerprint density at radius 2 is 1.73 bits per heavy atom. The van der Waals surface area contributed by atoms with Crippen molar-refractivity contribution in [3.05, 3.63) is 0 Å². The minimum absolute atomic E-state index is 0.550. The smallest absolute Gasteiger partial charge is 0.0456 e. The largest absolute Gasteiger partial charge is 0.315 e. The summed E-state index contributed by atoms with van der Waals surface area (Å²) in [5, 5.41) is 9.85. The van der Waals surface area contributed by atoms with E-state index in [0.29, 0.717) is 6.04 Å². The van der Waals surface area contributed by atoms with Crippen LogP contribution in [0.25, 0.3) is 0 Å². The van der Waals surface area contributed by atoms with E-state index in [1.54, 1.807) is 0 Å². The third kappa shape index (κ3) is 7.78. The molecule has 68 valence electrons. The van der Waals surface area contributed by atoms with Gasteiger partial charge in [0.2, 0.25) is 0 Å². The average molecular weight is 159 g/mol. The zero-order valence-corrected chi connectivity index (χ0v) is 7.91. The SMILES string of the molecule is CCNCNC(C)CNCC. The molecule has 0 aliphatic rings. The molecule has 0 aliphatic heterocycles. The summed E-state index contributed by atoms with van der Waals surface area (Å²) in [7, 11) is 0. The van der Waals surface area contributed by atoms with E-state index >= 15 is 0 Å². The lowest BCUT2D eigenvalue weighted by Crippen LogP contribution is -2.41. The van der Waals surface area contributed by atoms with Crippen LogP contribution in [0.1, 0.15) is 20.8 Å². The monoisotopic (exact) mass is 159 g/mol. The second-order valence-electron chi connectivity index (χ2n) is 2.69. The summed E-state index contributed by atoms with van der Waals surface area (Å²) in [5.41, 5.74) is 0. The van der Waals surface area contributed by atoms with Crippen LogP contribution >= 0.6 is 0 Å². The van der Waals surface area contributed by atoms with E-state index in [-0.39, 0.29) is 0 Å². The molecule has 1 atom stereocenters. The predicted octanol–water partition coefficient (Wildman–Crippen LogP) is 0.141. The van der Waals surface area contributed by atoms with E-state index in [4.69, 9.17) is 0 Å².